The Labute approximate surface area is 170 Å². The number of carbonyl (C=O) groups is 2. The summed E-state index contributed by atoms with van der Waals surface area (Å²) in [6.07, 6.45) is 1.43. The minimum Gasteiger partial charge on any atom is -0.495 e. The summed E-state index contributed by atoms with van der Waals surface area (Å²) in [5.41, 5.74) is 1.68. The lowest BCUT2D eigenvalue weighted by molar-refractivity contribution is -0.115. The molecule has 0 saturated heterocycles. The summed E-state index contributed by atoms with van der Waals surface area (Å²) in [6.45, 7) is 5.18. The second-order valence-electron chi connectivity index (χ2n) is 6.10. The van der Waals surface area contributed by atoms with Gasteiger partial charge < -0.3 is 15.4 Å². The Kier molecular flexibility index (Phi) is 7.52. The molecule has 0 aromatic heterocycles. The van der Waals surface area contributed by atoms with Crippen LogP contribution in [0.4, 0.5) is 5.69 Å². The molecule has 0 bridgehead atoms. The summed E-state index contributed by atoms with van der Waals surface area (Å²) >= 11 is 0. The van der Waals surface area contributed by atoms with Crippen LogP contribution in [-0.2, 0) is 14.8 Å². The summed E-state index contributed by atoms with van der Waals surface area (Å²) in [5.74, 6) is -0.411. The first kappa shape index (κ1) is 22.1. The van der Waals surface area contributed by atoms with E-state index in [-0.39, 0.29) is 23.5 Å². The molecule has 154 valence electrons. The third-order valence-electron chi connectivity index (χ3n) is 3.88. The van der Waals surface area contributed by atoms with E-state index in [0.29, 0.717) is 11.4 Å². The molecule has 0 unspecified atom stereocenters. The molecule has 0 aliphatic rings. The van der Waals surface area contributed by atoms with E-state index >= 15 is 0 Å². The Balaban J connectivity index is 1.96. The SMILES string of the molecule is C=CCNS(=O)(=O)c1ccc(C(=O)NCC(=O)Nc2cc(C)ccc2OC)cc1. The molecule has 2 aromatic carbocycles. The molecule has 0 heterocycles. The van der Waals surface area contributed by atoms with Crippen LogP contribution in [0.2, 0.25) is 0 Å². The standard InChI is InChI=1S/C20H23N3O5S/c1-4-11-22-29(26,27)16-8-6-15(7-9-16)20(25)21-13-19(24)23-17-12-14(2)5-10-18(17)28-3/h4-10,12,22H,1,11,13H2,2-3H3,(H,21,25)(H,23,24). The van der Waals surface area contributed by atoms with Gasteiger partial charge in [-0.1, -0.05) is 12.1 Å². The van der Waals surface area contributed by atoms with Gasteiger partial charge in [0.1, 0.15) is 5.75 Å². The third-order valence-corrected chi connectivity index (χ3v) is 5.32. The van der Waals surface area contributed by atoms with Crippen LogP contribution in [0.25, 0.3) is 0 Å². The van der Waals surface area contributed by atoms with Crippen LogP contribution in [-0.4, -0.2) is 40.4 Å². The van der Waals surface area contributed by atoms with Gasteiger partial charge in [0.2, 0.25) is 15.9 Å². The molecule has 0 aliphatic heterocycles. The molecule has 0 atom stereocenters. The maximum atomic E-state index is 12.2. The lowest BCUT2D eigenvalue weighted by atomic mass is 10.2. The Morgan fingerprint density at radius 3 is 2.45 bits per heavy atom. The van der Waals surface area contributed by atoms with Crippen molar-refractivity contribution in [2.24, 2.45) is 0 Å². The Morgan fingerprint density at radius 2 is 1.83 bits per heavy atom. The number of anilines is 1. The molecule has 2 amide bonds. The molecular formula is C20H23N3O5S. The van der Waals surface area contributed by atoms with Gasteiger partial charge in [-0.05, 0) is 48.9 Å². The van der Waals surface area contributed by atoms with Crippen LogP contribution >= 0.6 is 0 Å². The maximum absolute atomic E-state index is 12.2. The van der Waals surface area contributed by atoms with Gasteiger partial charge in [-0.3, -0.25) is 9.59 Å². The van der Waals surface area contributed by atoms with Gasteiger partial charge in [0.25, 0.3) is 5.91 Å². The monoisotopic (exact) mass is 417 g/mol. The molecule has 0 fully saturated rings. The third kappa shape index (κ3) is 6.16. The largest absolute Gasteiger partial charge is 0.495 e. The predicted molar refractivity (Wildman–Crippen MR) is 111 cm³/mol. The fourth-order valence-electron chi connectivity index (χ4n) is 2.41. The topological polar surface area (TPSA) is 114 Å². The quantitative estimate of drug-likeness (QED) is 0.539. The Morgan fingerprint density at radius 1 is 1.14 bits per heavy atom. The van der Waals surface area contributed by atoms with Crippen molar-refractivity contribution in [3.63, 3.8) is 0 Å². The first-order valence-corrected chi connectivity index (χ1v) is 10.2. The molecule has 9 heteroatoms. The molecule has 0 aliphatic carbocycles. The number of carbonyl (C=O) groups excluding carboxylic acids is 2. The first-order valence-electron chi connectivity index (χ1n) is 8.70. The zero-order chi connectivity index (χ0) is 21.4. The van der Waals surface area contributed by atoms with Crippen LogP contribution in [0.5, 0.6) is 5.75 Å². The van der Waals surface area contributed by atoms with Gasteiger partial charge in [0, 0.05) is 12.1 Å². The number of nitrogens with one attached hydrogen (secondary N) is 3. The van der Waals surface area contributed by atoms with E-state index in [1.807, 2.05) is 13.0 Å². The van der Waals surface area contributed by atoms with Crippen molar-refractivity contribution in [2.45, 2.75) is 11.8 Å². The second kappa shape index (κ2) is 9.85. The minimum absolute atomic E-state index is 0.0279. The molecular weight excluding hydrogens is 394 g/mol. The van der Waals surface area contributed by atoms with E-state index in [9.17, 15) is 18.0 Å². The fraction of sp³-hybridized carbons (Fsp3) is 0.200. The van der Waals surface area contributed by atoms with Crippen LogP contribution < -0.4 is 20.1 Å². The normalized spacial score (nSPS) is 10.8. The van der Waals surface area contributed by atoms with Gasteiger partial charge >= 0.3 is 0 Å². The highest BCUT2D eigenvalue weighted by atomic mass is 32.2. The average molecular weight is 417 g/mol. The highest BCUT2D eigenvalue weighted by Crippen LogP contribution is 2.24. The second-order valence-corrected chi connectivity index (χ2v) is 7.87. The number of hydrogen-bond donors (Lipinski definition) is 3. The number of benzene rings is 2. The van der Waals surface area contributed by atoms with Crippen molar-refractivity contribution in [2.75, 3.05) is 25.5 Å². The minimum atomic E-state index is -3.66. The summed E-state index contributed by atoms with van der Waals surface area (Å²) < 4.78 is 31.6. The van der Waals surface area contributed by atoms with E-state index in [0.717, 1.165) is 5.56 Å². The van der Waals surface area contributed by atoms with Crippen molar-refractivity contribution in [1.82, 2.24) is 10.0 Å². The van der Waals surface area contributed by atoms with Crippen molar-refractivity contribution >= 4 is 27.5 Å². The number of amides is 2. The molecule has 0 saturated carbocycles. The Bertz CT molecular complexity index is 1000. The van der Waals surface area contributed by atoms with Crippen LogP contribution in [0.1, 0.15) is 15.9 Å². The highest BCUT2D eigenvalue weighted by Gasteiger charge is 2.15. The lowest BCUT2D eigenvalue weighted by Crippen LogP contribution is -2.33. The van der Waals surface area contributed by atoms with Crippen molar-refractivity contribution in [3.8, 4) is 5.75 Å². The fourth-order valence-corrected chi connectivity index (χ4v) is 3.41. The van der Waals surface area contributed by atoms with Crippen LogP contribution in [0.15, 0.2) is 60.0 Å². The lowest BCUT2D eigenvalue weighted by Gasteiger charge is -2.11. The summed E-state index contributed by atoms with van der Waals surface area (Å²) in [6, 6.07) is 10.7. The van der Waals surface area contributed by atoms with Gasteiger partial charge in [0.15, 0.2) is 0 Å². The summed E-state index contributed by atoms with van der Waals surface area (Å²) in [7, 11) is -2.17. The molecule has 2 rings (SSSR count). The number of rotatable bonds is 9. The number of ether oxygens (including phenoxy) is 1. The van der Waals surface area contributed by atoms with Crippen LogP contribution in [0.3, 0.4) is 0 Å². The first-order chi connectivity index (χ1) is 13.8. The van der Waals surface area contributed by atoms with Gasteiger partial charge in [-0.25, -0.2) is 13.1 Å². The smallest absolute Gasteiger partial charge is 0.251 e. The van der Waals surface area contributed by atoms with E-state index < -0.39 is 21.8 Å². The van der Waals surface area contributed by atoms with Crippen molar-refractivity contribution in [1.29, 1.82) is 0 Å². The number of hydrogen-bond acceptors (Lipinski definition) is 5. The molecule has 29 heavy (non-hydrogen) atoms. The summed E-state index contributed by atoms with van der Waals surface area (Å²) in [5, 5.41) is 5.18. The highest BCUT2D eigenvalue weighted by molar-refractivity contribution is 7.89. The zero-order valence-corrected chi connectivity index (χ0v) is 17.0. The van der Waals surface area contributed by atoms with E-state index in [1.165, 1.54) is 37.5 Å². The number of aryl methyl sites for hydroxylation is 1. The number of methoxy groups -OCH3 is 1. The van der Waals surface area contributed by atoms with E-state index in [4.69, 9.17) is 4.74 Å². The van der Waals surface area contributed by atoms with Crippen molar-refractivity contribution < 1.29 is 22.7 Å². The average Bonchev–Trinajstić information content (AvgIpc) is 2.71. The van der Waals surface area contributed by atoms with Gasteiger partial charge in [-0.2, -0.15) is 0 Å². The zero-order valence-electron chi connectivity index (χ0n) is 16.2. The van der Waals surface area contributed by atoms with Gasteiger partial charge in [0.05, 0.1) is 24.2 Å². The molecule has 3 N–H and O–H groups in total. The van der Waals surface area contributed by atoms with E-state index in [1.54, 1.807) is 12.1 Å². The van der Waals surface area contributed by atoms with E-state index in [2.05, 4.69) is 21.9 Å². The maximum Gasteiger partial charge on any atom is 0.251 e. The predicted octanol–water partition coefficient (Wildman–Crippen LogP) is 1.84. The molecule has 2 aromatic rings. The molecule has 0 spiro atoms. The van der Waals surface area contributed by atoms with Crippen LogP contribution in [0, 0.1) is 6.92 Å². The number of sulfonamides is 1. The molecule has 0 radical (unpaired) electrons. The Hall–Kier alpha value is -3.17. The molecule has 8 nitrogen and oxygen atoms in total. The summed E-state index contributed by atoms with van der Waals surface area (Å²) in [4.78, 5) is 24.4. The van der Waals surface area contributed by atoms with Gasteiger partial charge in [-0.15, -0.1) is 6.58 Å². The van der Waals surface area contributed by atoms with Crippen molar-refractivity contribution in [3.05, 3.63) is 66.2 Å².